The molecule has 0 saturated heterocycles. The van der Waals surface area contributed by atoms with Gasteiger partial charge in [-0.25, -0.2) is 0 Å². The number of hydrogen-bond donors (Lipinski definition) is 2. The summed E-state index contributed by atoms with van der Waals surface area (Å²) in [7, 11) is 0. The van der Waals surface area contributed by atoms with Crippen LogP contribution in [-0.4, -0.2) is 11.7 Å². The maximum absolute atomic E-state index is 12.5. The van der Waals surface area contributed by atoms with Crippen molar-refractivity contribution in [3.8, 4) is 11.8 Å². The molecule has 24 heavy (non-hydrogen) atoms. The van der Waals surface area contributed by atoms with Gasteiger partial charge in [0.1, 0.15) is 0 Å². The molecule has 126 valence electrons. The van der Waals surface area contributed by atoms with Gasteiger partial charge in [0.2, 0.25) is 0 Å². The number of aliphatic hydroxyl groups excluding tert-OH is 1. The van der Waals surface area contributed by atoms with Gasteiger partial charge in [0.25, 0.3) is 0 Å². The van der Waals surface area contributed by atoms with E-state index in [9.17, 15) is 13.2 Å². The summed E-state index contributed by atoms with van der Waals surface area (Å²) in [5.41, 5.74) is 1.75. The second-order valence-corrected chi connectivity index (χ2v) is 5.38. The summed E-state index contributed by atoms with van der Waals surface area (Å²) in [6.45, 7) is 2.39. The Morgan fingerprint density at radius 2 is 1.83 bits per heavy atom. The normalized spacial score (nSPS) is 12.4. The van der Waals surface area contributed by atoms with Gasteiger partial charge in [0.05, 0.1) is 18.7 Å². The molecule has 2 aromatic rings. The first-order chi connectivity index (χ1) is 11.4. The lowest BCUT2D eigenvalue weighted by molar-refractivity contribution is -0.137. The third kappa shape index (κ3) is 5.12. The molecule has 2 rings (SSSR count). The Balaban J connectivity index is 1.91. The molecule has 0 spiro atoms. The summed E-state index contributed by atoms with van der Waals surface area (Å²) in [4.78, 5) is 0. The van der Waals surface area contributed by atoms with E-state index < -0.39 is 11.7 Å². The summed E-state index contributed by atoms with van der Waals surface area (Å²) in [5.74, 6) is 5.73. The van der Waals surface area contributed by atoms with E-state index in [1.54, 1.807) is 0 Å². The predicted octanol–water partition coefficient (Wildman–Crippen LogP) is 3.90. The van der Waals surface area contributed by atoms with Crippen LogP contribution in [0.15, 0.2) is 48.5 Å². The van der Waals surface area contributed by atoms with Crippen LogP contribution in [0.5, 0.6) is 0 Å². The summed E-state index contributed by atoms with van der Waals surface area (Å²) in [5, 5.41) is 12.4. The van der Waals surface area contributed by atoms with Gasteiger partial charge in [-0.2, -0.15) is 13.2 Å². The summed E-state index contributed by atoms with van der Waals surface area (Å²) in [6, 6.07) is 12.4. The zero-order valence-electron chi connectivity index (χ0n) is 13.2. The second-order valence-electron chi connectivity index (χ2n) is 5.38. The van der Waals surface area contributed by atoms with Crippen LogP contribution in [-0.2, 0) is 12.8 Å². The SMILES string of the molecule is CC(NCC#Cc1ccc(C(F)(F)F)cc1)c1cccc(CO)c1. The molecule has 0 bridgehead atoms. The lowest BCUT2D eigenvalue weighted by Gasteiger charge is -2.13. The Labute approximate surface area is 139 Å². The summed E-state index contributed by atoms with van der Waals surface area (Å²) in [6.07, 6.45) is -4.33. The quantitative estimate of drug-likeness (QED) is 0.832. The number of alkyl halides is 3. The van der Waals surface area contributed by atoms with Gasteiger partial charge < -0.3 is 5.11 Å². The maximum Gasteiger partial charge on any atom is 0.416 e. The minimum atomic E-state index is -4.33. The Kier molecular flexibility index (Phi) is 6.02. The smallest absolute Gasteiger partial charge is 0.392 e. The molecule has 0 aliphatic rings. The standard InChI is InChI=1S/C19H18F3NO/c1-14(17-6-2-4-16(12-17)13-24)23-11-3-5-15-7-9-18(10-8-15)19(20,21)22/h2,4,6-10,12,14,23-24H,11,13H2,1H3. The fraction of sp³-hybridized carbons (Fsp3) is 0.263. The predicted molar refractivity (Wildman–Crippen MR) is 87.1 cm³/mol. The van der Waals surface area contributed by atoms with Gasteiger partial charge in [0.15, 0.2) is 0 Å². The van der Waals surface area contributed by atoms with Crippen molar-refractivity contribution in [1.82, 2.24) is 5.32 Å². The van der Waals surface area contributed by atoms with E-state index in [4.69, 9.17) is 5.11 Å². The number of nitrogens with one attached hydrogen (secondary N) is 1. The van der Waals surface area contributed by atoms with Crippen molar-refractivity contribution in [3.63, 3.8) is 0 Å². The van der Waals surface area contributed by atoms with Gasteiger partial charge >= 0.3 is 6.18 Å². The Morgan fingerprint density at radius 1 is 1.12 bits per heavy atom. The lowest BCUT2D eigenvalue weighted by Crippen LogP contribution is -2.18. The molecular formula is C19H18F3NO. The fourth-order valence-corrected chi connectivity index (χ4v) is 2.17. The Bertz CT molecular complexity index is 727. The first kappa shape index (κ1) is 18.1. The molecular weight excluding hydrogens is 315 g/mol. The molecule has 0 aromatic heterocycles. The van der Waals surface area contributed by atoms with E-state index in [1.807, 2.05) is 31.2 Å². The van der Waals surface area contributed by atoms with E-state index in [0.29, 0.717) is 12.1 Å². The van der Waals surface area contributed by atoms with Crippen LogP contribution in [0.25, 0.3) is 0 Å². The van der Waals surface area contributed by atoms with Crippen molar-refractivity contribution in [2.75, 3.05) is 6.54 Å². The van der Waals surface area contributed by atoms with Crippen molar-refractivity contribution >= 4 is 0 Å². The van der Waals surface area contributed by atoms with Crippen molar-refractivity contribution in [2.24, 2.45) is 0 Å². The van der Waals surface area contributed by atoms with Gasteiger partial charge in [-0.3, -0.25) is 5.32 Å². The molecule has 1 unspecified atom stereocenters. The van der Waals surface area contributed by atoms with Crippen LogP contribution in [0.2, 0.25) is 0 Å². The molecule has 2 N–H and O–H groups in total. The maximum atomic E-state index is 12.5. The third-order valence-electron chi connectivity index (χ3n) is 3.58. The average Bonchev–Trinajstić information content (AvgIpc) is 2.58. The van der Waals surface area contributed by atoms with Crippen LogP contribution in [0.3, 0.4) is 0 Å². The van der Waals surface area contributed by atoms with E-state index in [2.05, 4.69) is 17.2 Å². The Morgan fingerprint density at radius 3 is 2.46 bits per heavy atom. The van der Waals surface area contributed by atoms with E-state index in [1.165, 1.54) is 12.1 Å². The molecule has 0 aliphatic heterocycles. The number of benzene rings is 2. The highest BCUT2D eigenvalue weighted by Gasteiger charge is 2.29. The molecule has 0 fully saturated rings. The van der Waals surface area contributed by atoms with E-state index in [0.717, 1.165) is 23.3 Å². The van der Waals surface area contributed by atoms with Gasteiger partial charge in [-0.1, -0.05) is 36.1 Å². The zero-order valence-corrected chi connectivity index (χ0v) is 13.2. The molecule has 2 nitrogen and oxygen atoms in total. The lowest BCUT2D eigenvalue weighted by atomic mass is 10.1. The van der Waals surface area contributed by atoms with Crippen LogP contribution < -0.4 is 5.32 Å². The minimum Gasteiger partial charge on any atom is -0.392 e. The topological polar surface area (TPSA) is 32.3 Å². The molecule has 0 heterocycles. The highest BCUT2D eigenvalue weighted by atomic mass is 19.4. The van der Waals surface area contributed by atoms with Gasteiger partial charge in [0, 0.05) is 11.6 Å². The van der Waals surface area contributed by atoms with Crippen molar-refractivity contribution in [2.45, 2.75) is 25.7 Å². The molecule has 0 aliphatic carbocycles. The summed E-state index contributed by atoms with van der Waals surface area (Å²) >= 11 is 0. The number of hydrogen-bond acceptors (Lipinski definition) is 2. The fourth-order valence-electron chi connectivity index (χ4n) is 2.17. The van der Waals surface area contributed by atoms with Gasteiger partial charge in [-0.15, -0.1) is 0 Å². The highest BCUT2D eigenvalue weighted by Crippen LogP contribution is 2.28. The number of aliphatic hydroxyl groups is 1. The summed E-state index contributed by atoms with van der Waals surface area (Å²) < 4.78 is 37.4. The molecule has 0 radical (unpaired) electrons. The van der Waals surface area contributed by atoms with Gasteiger partial charge in [-0.05, 0) is 42.3 Å². The monoisotopic (exact) mass is 333 g/mol. The van der Waals surface area contributed by atoms with Crippen LogP contribution in [0.4, 0.5) is 13.2 Å². The molecule has 0 saturated carbocycles. The van der Waals surface area contributed by atoms with Crippen molar-refractivity contribution < 1.29 is 18.3 Å². The highest BCUT2D eigenvalue weighted by molar-refractivity contribution is 5.37. The minimum absolute atomic E-state index is 0.00567. The van der Waals surface area contributed by atoms with Crippen molar-refractivity contribution in [1.29, 1.82) is 0 Å². The van der Waals surface area contributed by atoms with Crippen LogP contribution >= 0.6 is 0 Å². The first-order valence-corrected chi connectivity index (χ1v) is 7.49. The average molecular weight is 333 g/mol. The molecule has 5 heteroatoms. The third-order valence-corrected chi connectivity index (χ3v) is 3.58. The van der Waals surface area contributed by atoms with Crippen molar-refractivity contribution in [3.05, 3.63) is 70.8 Å². The molecule has 2 aromatic carbocycles. The van der Waals surface area contributed by atoms with E-state index >= 15 is 0 Å². The van der Waals surface area contributed by atoms with Crippen LogP contribution in [0.1, 0.15) is 35.2 Å². The zero-order chi connectivity index (χ0) is 17.6. The number of rotatable bonds is 4. The number of halogens is 3. The molecule has 0 amide bonds. The molecule has 1 atom stereocenters. The Hall–Kier alpha value is -2.29. The largest absolute Gasteiger partial charge is 0.416 e. The second kappa shape index (κ2) is 8.00. The van der Waals surface area contributed by atoms with Crippen LogP contribution in [0, 0.1) is 11.8 Å². The van der Waals surface area contributed by atoms with E-state index in [-0.39, 0.29) is 12.6 Å². The first-order valence-electron chi connectivity index (χ1n) is 7.49.